The highest BCUT2D eigenvalue weighted by Crippen LogP contribution is 2.28. The van der Waals surface area contributed by atoms with E-state index in [0.29, 0.717) is 41.0 Å². The molecule has 7 nitrogen and oxygen atoms in total. The number of aromatic amines is 1. The first kappa shape index (κ1) is 21.0. The zero-order valence-corrected chi connectivity index (χ0v) is 16.9. The van der Waals surface area contributed by atoms with Gasteiger partial charge in [0.05, 0.1) is 35.4 Å². The minimum absolute atomic E-state index is 0.0359. The molecular weight excluding hydrogens is 384 g/mol. The van der Waals surface area contributed by atoms with E-state index in [1.165, 1.54) is 28.9 Å². The third kappa shape index (κ3) is 4.46. The smallest absolute Gasteiger partial charge is 0.279 e. The lowest BCUT2D eigenvalue weighted by atomic mass is 10.1. The Kier molecular flexibility index (Phi) is 6.41. The van der Waals surface area contributed by atoms with E-state index in [9.17, 15) is 14.7 Å². The maximum absolute atomic E-state index is 12.9. The summed E-state index contributed by atoms with van der Waals surface area (Å²) in [4.78, 5) is 23.8. The molecule has 0 bridgehead atoms. The van der Waals surface area contributed by atoms with Crippen molar-refractivity contribution in [3.8, 4) is 17.2 Å². The lowest BCUT2D eigenvalue weighted by molar-refractivity contribution is -0.255. The second kappa shape index (κ2) is 9.17. The van der Waals surface area contributed by atoms with Crippen LogP contribution >= 0.6 is 0 Å². The van der Waals surface area contributed by atoms with Gasteiger partial charge in [0.15, 0.2) is 11.5 Å². The molecule has 0 unspecified atom stereocenters. The Morgan fingerprint density at radius 3 is 2.50 bits per heavy atom. The highest BCUT2D eigenvalue weighted by atomic mass is 16.5. The van der Waals surface area contributed by atoms with Gasteiger partial charge in [0.25, 0.3) is 5.56 Å². The molecule has 2 aromatic carbocycles. The van der Waals surface area contributed by atoms with Crippen molar-refractivity contribution in [2.45, 2.75) is 20.3 Å². The van der Waals surface area contributed by atoms with Crippen LogP contribution < -0.4 is 30.7 Å². The minimum atomic E-state index is -1.27. The van der Waals surface area contributed by atoms with Crippen LogP contribution in [0.3, 0.4) is 0 Å². The van der Waals surface area contributed by atoms with Crippen LogP contribution in [0.25, 0.3) is 18.3 Å². The first-order chi connectivity index (χ1) is 14.4. The maximum atomic E-state index is 12.9. The number of ether oxygens (including phenoxy) is 2. The number of aromatic nitrogens is 2. The molecule has 1 heterocycles. The van der Waals surface area contributed by atoms with Crippen molar-refractivity contribution in [1.29, 1.82) is 0 Å². The molecule has 3 rings (SSSR count). The molecule has 0 aliphatic rings. The topological polar surface area (TPSA) is 96.4 Å². The predicted octanol–water partition coefficient (Wildman–Crippen LogP) is 0.956. The third-order valence-corrected chi connectivity index (χ3v) is 4.41. The standard InChI is InChI=1S/C23H24N2O5/c1-4-12-30-20-11-6-16(14-21(20)29-5-2)13-19-15(3)24-25(22(19)26)18-9-7-17(8-10-18)23(27)28/h6-11,13-14,24H,3-5,12H2,1-2H3,(H,27,28)/p-1/b19-13-. The summed E-state index contributed by atoms with van der Waals surface area (Å²) in [6.45, 7) is 8.92. The molecule has 1 aromatic heterocycles. The quantitative estimate of drug-likeness (QED) is 0.600. The molecule has 30 heavy (non-hydrogen) atoms. The van der Waals surface area contributed by atoms with Crippen LogP contribution in [0.15, 0.2) is 47.3 Å². The first-order valence-electron chi connectivity index (χ1n) is 9.67. The number of hydrogen-bond acceptors (Lipinski definition) is 5. The Morgan fingerprint density at radius 2 is 1.87 bits per heavy atom. The Balaban J connectivity index is 2.02. The van der Waals surface area contributed by atoms with Crippen molar-refractivity contribution in [3.63, 3.8) is 0 Å². The van der Waals surface area contributed by atoms with Crippen molar-refractivity contribution in [2.75, 3.05) is 13.2 Å². The van der Waals surface area contributed by atoms with E-state index in [2.05, 4.69) is 11.7 Å². The van der Waals surface area contributed by atoms with Crippen LogP contribution in [0.2, 0.25) is 0 Å². The molecule has 3 aromatic rings. The lowest BCUT2D eigenvalue weighted by Gasteiger charge is -2.11. The maximum Gasteiger partial charge on any atom is 0.279 e. The molecule has 156 valence electrons. The Bertz CT molecular complexity index is 1210. The number of H-pyrrole nitrogens is 1. The van der Waals surface area contributed by atoms with Crippen molar-refractivity contribution >= 4 is 18.6 Å². The number of aromatic carboxylic acids is 1. The monoisotopic (exact) mass is 407 g/mol. The summed E-state index contributed by atoms with van der Waals surface area (Å²) >= 11 is 0. The molecule has 0 amide bonds. The summed E-state index contributed by atoms with van der Waals surface area (Å²) < 4.78 is 12.7. The molecule has 7 heteroatoms. The van der Waals surface area contributed by atoms with Gasteiger partial charge < -0.3 is 19.4 Å². The molecule has 0 aliphatic carbocycles. The van der Waals surface area contributed by atoms with E-state index in [0.717, 1.165) is 12.0 Å². The number of nitrogens with one attached hydrogen (secondary N) is 1. The van der Waals surface area contributed by atoms with E-state index in [-0.39, 0.29) is 11.1 Å². The summed E-state index contributed by atoms with van der Waals surface area (Å²) in [5.41, 5.74) is 0.995. The number of benzene rings is 2. The average Bonchev–Trinajstić information content (AvgIpc) is 3.02. The van der Waals surface area contributed by atoms with Crippen molar-refractivity contribution in [3.05, 3.63) is 74.5 Å². The summed E-state index contributed by atoms with van der Waals surface area (Å²) in [5, 5.41) is 14.7. The number of carbonyl (C=O) groups excluding carboxylic acids is 1. The molecular formula is C23H23N2O5-. The average molecular weight is 407 g/mol. The summed E-state index contributed by atoms with van der Waals surface area (Å²) in [6, 6.07) is 11.3. The van der Waals surface area contributed by atoms with Gasteiger partial charge in [0.1, 0.15) is 0 Å². The van der Waals surface area contributed by atoms with E-state index >= 15 is 0 Å². The van der Waals surface area contributed by atoms with Gasteiger partial charge in [-0.05, 0) is 54.8 Å². The number of nitrogens with zero attached hydrogens (tertiary/aromatic N) is 1. The number of hydrogen-bond donors (Lipinski definition) is 1. The van der Waals surface area contributed by atoms with Gasteiger partial charge in [-0.15, -0.1) is 0 Å². The van der Waals surface area contributed by atoms with Gasteiger partial charge in [0, 0.05) is 0 Å². The van der Waals surface area contributed by atoms with E-state index in [4.69, 9.17) is 9.47 Å². The molecule has 0 fully saturated rings. The summed E-state index contributed by atoms with van der Waals surface area (Å²) in [7, 11) is 0. The second-order valence-electron chi connectivity index (χ2n) is 6.61. The highest BCUT2D eigenvalue weighted by Gasteiger charge is 2.08. The third-order valence-electron chi connectivity index (χ3n) is 4.41. The van der Waals surface area contributed by atoms with E-state index < -0.39 is 5.97 Å². The molecule has 0 aliphatic heterocycles. The van der Waals surface area contributed by atoms with Gasteiger partial charge in [-0.1, -0.05) is 31.7 Å². The Morgan fingerprint density at radius 1 is 1.13 bits per heavy atom. The molecule has 0 atom stereocenters. The van der Waals surface area contributed by atoms with Crippen LogP contribution in [-0.2, 0) is 0 Å². The highest BCUT2D eigenvalue weighted by molar-refractivity contribution is 5.85. The van der Waals surface area contributed by atoms with Crippen molar-refractivity contribution < 1.29 is 19.4 Å². The van der Waals surface area contributed by atoms with Gasteiger partial charge in [-0.25, -0.2) is 4.68 Å². The zero-order chi connectivity index (χ0) is 21.7. The lowest BCUT2D eigenvalue weighted by Crippen LogP contribution is -2.34. The Labute approximate surface area is 173 Å². The molecule has 0 spiro atoms. The number of carboxylic acids is 1. The summed E-state index contributed by atoms with van der Waals surface area (Å²) in [6.07, 6.45) is 2.61. The predicted molar refractivity (Wildman–Crippen MR) is 112 cm³/mol. The van der Waals surface area contributed by atoms with Crippen LogP contribution in [0.5, 0.6) is 11.5 Å². The Hall–Kier alpha value is -3.74. The van der Waals surface area contributed by atoms with Crippen LogP contribution in [-0.4, -0.2) is 29.0 Å². The van der Waals surface area contributed by atoms with Crippen molar-refractivity contribution in [2.24, 2.45) is 0 Å². The minimum Gasteiger partial charge on any atom is -0.545 e. The molecule has 0 radical (unpaired) electrons. The van der Waals surface area contributed by atoms with Gasteiger partial charge in [-0.3, -0.25) is 9.89 Å². The van der Waals surface area contributed by atoms with Gasteiger partial charge in [0.2, 0.25) is 0 Å². The first-order valence-corrected chi connectivity index (χ1v) is 9.67. The van der Waals surface area contributed by atoms with Crippen LogP contribution in [0, 0.1) is 0 Å². The van der Waals surface area contributed by atoms with Gasteiger partial charge in [-0.2, -0.15) is 0 Å². The van der Waals surface area contributed by atoms with E-state index in [1.54, 1.807) is 6.08 Å². The number of carbonyl (C=O) groups is 1. The van der Waals surface area contributed by atoms with Crippen LogP contribution in [0.4, 0.5) is 0 Å². The fourth-order valence-corrected chi connectivity index (χ4v) is 2.95. The molecule has 0 saturated carbocycles. The molecule has 1 N–H and O–H groups in total. The number of rotatable bonds is 8. The van der Waals surface area contributed by atoms with E-state index in [1.807, 2.05) is 32.0 Å². The fraction of sp³-hybridized carbons (Fsp3) is 0.217. The fourth-order valence-electron chi connectivity index (χ4n) is 2.95. The SMILES string of the molecule is C=c1[nH]n(-c2ccc(C(=O)[O-])cc2)c(=O)/c1=C\c1ccc(OCCC)c(OCC)c1. The number of carboxylic acid groups (broad SMARTS) is 1. The second-order valence-corrected chi connectivity index (χ2v) is 6.61. The van der Waals surface area contributed by atoms with Gasteiger partial charge >= 0.3 is 0 Å². The zero-order valence-electron chi connectivity index (χ0n) is 16.9. The summed E-state index contributed by atoms with van der Waals surface area (Å²) in [5.74, 6) is -0.00653. The van der Waals surface area contributed by atoms with Crippen LogP contribution in [0.1, 0.15) is 36.2 Å². The normalized spacial score (nSPS) is 11.5. The molecule has 0 saturated heterocycles. The van der Waals surface area contributed by atoms with Crippen molar-refractivity contribution in [1.82, 2.24) is 9.78 Å². The largest absolute Gasteiger partial charge is 0.545 e.